The summed E-state index contributed by atoms with van der Waals surface area (Å²) in [6.45, 7) is 0. The van der Waals surface area contributed by atoms with E-state index in [0.29, 0.717) is 5.56 Å². The number of anilines is 1. The average molecular weight is 343 g/mol. The van der Waals surface area contributed by atoms with Crippen LogP contribution in [0.4, 0.5) is 10.4 Å². The summed E-state index contributed by atoms with van der Waals surface area (Å²) < 4.78 is 18.3. The van der Waals surface area contributed by atoms with Crippen molar-refractivity contribution >= 4 is 23.7 Å². The van der Waals surface area contributed by atoms with Crippen molar-refractivity contribution in [2.75, 3.05) is 11.6 Å². The highest BCUT2D eigenvalue weighted by molar-refractivity contribution is 7.98. The van der Waals surface area contributed by atoms with Gasteiger partial charge in [-0.15, -0.1) is 16.9 Å². The Kier molecular flexibility index (Phi) is 4.90. The highest BCUT2D eigenvalue weighted by Gasteiger charge is 2.12. The van der Waals surface area contributed by atoms with Gasteiger partial charge >= 0.3 is 6.01 Å². The van der Waals surface area contributed by atoms with Gasteiger partial charge in [-0.25, -0.2) is 4.39 Å². The lowest BCUT2D eigenvalue weighted by Gasteiger charge is -2.02. The van der Waals surface area contributed by atoms with Crippen molar-refractivity contribution in [2.24, 2.45) is 0 Å². The Balaban J connectivity index is 1.63. The molecule has 0 unspecified atom stereocenters. The number of hydrogen-bond donors (Lipinski definition) is 1. The minimum atomic E-state index is -0.348. The molecule has 0 spiro atoms. The van der Waals surface area contributed by atoms with Crippen LogP contribution in [0.15, 0.2) is 57.8 Å². The first-order valence-corrected chi connectivity index (χ1v) is 8.39. The minimum Gasteiger partial charge on any atom is -0.403 e. The molecule has 5 nitrogen and oxygen atoms in total. The second-order valence-electron chi connectivity index (χ2n) is 4.99. The Morgan fingerprint density at radius 1 is 1.12 bits per heavy atom. The molecule has 1 N–H and O–H groups in total. The molecule has 0 atom stereocenters. The molecule has 122 valence electrons. The molecule has 3 rings (SSSR count). The van der Waals surface area contributed by atoms with Gasteiger partial charge in [0, 0.05) is 10.5 Å². The minimum absolute atomic E-state index is 0.0139. The number of thioether (sulfide) groups is 1. The molecule has 0 bridgehead atoms. The number of hydrogen-bond acceptors (Lipinski definition) is 5. The van der Waals surface area contributed by atoms with Crippen molar-refractivity contribution in [2.45, 2.75) is 11.3 Å². The van der Waals surface area contributed by atoms with Gasteiger partial charge in [0.1, 0.15) is 5.82 Å². The van der Waals surface area contributed by atoms with E-state index in [9.17, 15) is 9.18 Å². The molecule has 1 heterocycles. The molecule has 0 aliphatic rings. The first-order valence-electron chi connectivity index (χ1n) is 7.16. The number of nitrogens with one attached hydrogen (secondary N) is 1. The first-order chi connectivity index (χ1) is 11.6. The van der Waals surface area contributed by atoms with Crippen LogP contribution in [-0.2, 0) is 11.2 Å². The lowest BCUT2D eigenvalue weighted by atomic mass is 10.1. The van der Waals surface area contributed by atoms with Crippen LogP contribution in [0.1, 0.15) is 5.56 Å². The van der Waals surface area contributed by atoms with E-state index in [1.54, 1.807) is 11.8 Å². The Labute approximate surface area is 142 Å². The predicted octanol–water partition coefficient (Wildman–Crippen LogP) is 3.78. The number of aromatic nitrogens is 2. The lowest BCUT2D eigenvalue weighted by molar-refractivity contribution is -0.115. The normalized spacial score (nSPS) is 10.6. The Bertz CT molecular complexity index is 832. The lowest BCUT2D eigenvalue weighted by Crippen LogP contribution is -2.14. The van der Waals surface area contributed by atoms with E-state index in [4.69, 9.17) is 4.42 Å². The molecule has 24 heavy (non-hydrogen) atoms. The molecule has 0 aliphatic carbocycles. The van der Waals surface area contributed by atoms with Crippen molar-refractivity contribution in [3.8, 4) is 11.5 Å². The quantitative estimate of drug-likeness (QED) is 0.714. The van der Waals surface area contributed by atoms with E-state index in [0.717, 1.165) is 10.5 Å². The Morgan fingerprint density at radius 2 is 1.83 bits per heavy atom. The number of amides is 1. The summed E-state index contributed by atoms with van der Waals surface area (Å²) in [5, 5.41) is 10.2. The molecular formula is C17H14FN3O2S. The third-order valence-electron chi connectivity index (χ3n) is 3.29. The fraction of sp³-hybridized carbons (Fsp3) is 0.118. The topological polar surface area (TPSA) is 68.0 Å². The van der Waals surface area contributed by atoms with Gasteiger partial charge in [0.25, 0.3) is 0 Å². The molecule has 0 saturated carbocycles. The zero-order valence-corrected chi connectivity index (χ0v) is 13.6. The highest BCUT2D eigenvalue weighted by atomic mass is 32.2. The molecule has 0 radical (unpaired) electrons. The summed E-state index contributed by atoms with van der Waals surface area (Å²) in [7, 11) is 0. The van der Waals surface area contributed by atoms with Crippen molar-refractivity contribution in [3.05, 3.63) is 59.9 Å². The van der Waals surface area contributed by atoms with E-state index in [-0.39, 0.29) is 30.1 Å². The van der Waals surface area contributed by atoms with Crippen LogP contribution in [0.2, 0.25) is 0 Å². The van der Waals surface area contributed by atoms with Gasteiger partial charge in [-0.1, -0.05) is 17.2 Å². The molecule has 7 heteroatoms. The Hall–Kier alpha value is -2.67. The second-order valence-corrected chi connectivity index (χ2v) is 5.87. The van der Waals surface area contributed by atoms with E-state index >= 15 is 0 Å². The van der Waals surface area contributed by atoms with Crippen LogP contribution >= 0.6 is 11.8 Å². The van der Waals surface area contributed by atoms with Crippen LogP contribution in [0, 0.1) is 5.82 Å². The van der Waals surface area contributed by atoms with Crippen LogP contribution in [0.3, 0.4) is 0 Å². The molecular weight excluding hydrogens is 329 g/mol. The summed E-state index contributed by atoms with van der Waals surface area (Å²) in [4.78, 5) is 13.2. The molecule has 0 fully saturated rings. The summed E-state index contributed by atoms with van der Waals surface area (Å²) in [6.07, 6.45) is 2.21. The largest absolute Gasteiger partial charge is 0.403 e. The number of carbonyl (C=O) groups excluding carboxylic acids is 1. The summed E-state index contributed by atoms with van der Waals surface area (Å²) in [5.74, 6) is -0.380. The van der Waals surface area contributed by atoms with E-state index < -0.39 is 0 Å². The number of benzene rings is 2. The average Bonchev–Trinajstić information content (AvgIpc) is 3.04. The molecule has 2 aromatic carbocycles. The first kappa shape index (κ1) is 16.2. The van der Waals surface area contributed by atoms with Gasteiger partial charge in [0.2, 0.25) is 11.8 Å². The summed E-state index contributed by atoms with van der Waals surface area (Å²) in [6, 6.07) is 13.4. The van der Waals surface area contributed by atoms with Gasteiger partial charge in [-0.05, 0) is 48.2 Å². The standard InChI is InChI=1S/C17H14FN3O2S/c1-24-14-8-2-11(3-9-14)10-15(22)19-17-21-20-16(23-17)12-4-6-13(18)7-5-12/h2-9H,10H2,1H3,(H,19,21,22). The smallest absolute Gasteiger partial charge is 0.322 e. The molecule has 0 aliphatic heterocycles. The monoisotopic (exact) mass is 343 g/mol. The Morgan fingerprint density at radius 3 is 2.50 bits per heavy atom. The van der Waals surface area contributed by atoms with E-state index in [1.807, 2.05) is 30.5 Å². The van der Waals surface area contributed by atoms with Gasteiger partial charge < -0.3 is 4.42 Å². The van der Waals surface area contributed by atoms with Crippen molar-refractivity contribution in [1.29, 1.82) is 0 Å². The van der Waals surface area contributed by atoms with Crippen molar-refractivity contribution < 1.29 is 13.6 Å². The SMILES string of the molecule is CSc1ccc(CC(=O)Nc2nnc(-c3ccc(F)cc3)o2)cc1. The van der Waals surface area contributed by atoms with Gasteiger partial charge in [-0.2, -0.15) is 0 Å². The van der Waals surface area contributed by atoms with Crippen LogP contribution in [0.25, 0.3) is 11.5 Å². The van der Waals surface area contributed by atoms with Gasteiger partial charge in [0.15, 0.2) is 0 Å². The van der Waals surface area contributed by atoms with Crippen LogP contribution in [0.5, 0.6) is 0 Å². The van der Waals surface area contributed by atoms with Gasteiger partial charge in [-0.3, -0.25) is 10.1 Å². The molecule has 0 saturated heterocycles. The maximum Gasteiger partial charge on any atom is 0.322 e. The van der Waals surface area contributed by atoms with E-state index in [2.05, 4.69) is 15.5 Å². The fourth-order valence-corrected chi connectivity index (χ4v) is 2.48. The van der Waals surface area contributed by atoms with Crippen LogP contribution in [-0.4, -0.2) is 22.4 Å². The third kappa shape index (κ3) is 3.99. The van der Waals surface area contributed by atoms with Crippen LogP contribution < -0.4 is 5.32 Å². The summed E-state index contributed by atoms with van der Waals surface area (Å²) in [5.41, 5.74) is 1.47. The fourth-order valence-electron chi connectivity index (χ4n) is 2.08. The van der Waals surface area contributed by atoms with Crippen molar-refractivity contribution in [3.63, 3.8) is 0 Å². The summed E-state index contributed by atoms with van der Waals surface area (Å²) >= 11 is 1.64. The zero-order chi connectivity index (χ0) is 16.9. The number of halogens is 1. The predicted molar refractivity (Wildman–Crippen MR) is 90.2 cm³/mol. The maximum atomic E-state index is 12.9. The van der Waals surface area contributed by atoms with E-state index in [1.165, 1.54) is 24.3 Å². The molecule has 1 aromatic heterocycles. The highest BCUT2D eigenvalue weighted by Crippen LogP contribution is 2.20. The molecule has 1 amide bonds. The zero-order valence-electron chi connectivity index (χ0n) is 12.8. The van der Waals surface area contributed by atoms with Crippen molar-refractivity contribution in [1.82, 2.24) is 10.2 Å². The van der Waals surface area contributed by atoms with Gasteiger partial charge in [0.05, 0.1) is 6.42 Å². The number of nitrogens with zero attached hydrogens (tertiary/aromatic N) is 2. The molecule has 3 aromatic rings. The maximum absolute atomic E-state index is 12.9. The third-order valence-corrected chi connectivity index (χ3v) is 4.03. The number of carbonyl (C=O) groups is 1. The number of rotatable bonds is 5. The second kappa shape index (κ2) is 7.27.